The highest BCUT2D eigenvalue weighted by atomic mass is 19.1. The number of aromatic nitrogens is 1. The predicted octanol–water partition coefficient (Wildman–Crippen LogP) is 3.24. The number of benzene rings is 1. The molecule has 1 aromatic heterocycles. The highest BCUT2D eigenvalue weighted by Crippen LogP contribution is 2.25. The van der Waals surface area contributed by atoms with Crippen molar-refractivity contribution in [2.45, 2.75) is 13.0 Å². The average Bonchev–Trinajstić information content (AvgIpc) is 2.55. The minimum absolute atomic E-state index is 0.309. The maximum absolute atomic E-state index is 13.9. The summed E-state index contributed by atoms with van der Waals surface area (Å²) in [7, 11) is 0. The maximum atomic E-state index is 13.9. The zero-order valence-electron chi connectivity index (χ0n) is 12.5. The van der Waals surface area contributed by atoms with Gasteiger partial charge in [0.1, 0.15) is 11.6 Å². The molecule has 0 saturated carbocycles. The Morgan fingerprint density at radius 1 is 1.00 bits per heavy atom. The zero-order chi connectivity index (χ0) is 15.5. The van der Waals surface area contributed by atoms with E-state index in [0.717, 1.165) is 32.2 Å². The summed E-state index contributed by atoms with van der Waals surface area (Å²) in [6.07, 6.45) is 3.60. The highest BCUT2D eigenvalue weighted by Gasteiger charge is 2.23. The third kappa shape index (κ3) is 3.09. The molecule has 1 unspecified atom stereocenters. The number of hydrogen-bond acceptors (Lipinski definition) is 3. The maximum Gasteiger partial charge on any atom is 0.149 e. The SMILES string of the molecule is CC(c1ccncc1)N1CCN(c2ccc(F)cc2F)CC1. The summed E-state index contributed by atoms with van der Waals surface area (Å²) in [6.45, 7) is 5.33. The summed E-state index contributed by atoms with van der Waals surface area (Å²) < 4.78 is 26.9. The van der Waals surface area contributed by atoms with E-state index in [0.29, 0.717) is 11.7 Å². The topological polar surface area (TPSA) is 19.4 Å². The molecule has 0 amide bonds. The molecule has 1 fully saturated rings. The molecule has 1 saturated heterocycles. The Morgan fingerprint density at radius 2 is 1.68 bits per heavy atom. The van der Waals surface area contributed by atoms with Crippen molar-refractivity contribution in [3.05, 3.63) is 59.9 Å². The highest BCUT2D eigenvalue weighted by molar-refractivity contribution is 5.48. The number of rotatable bonds is 3. The lowest BCUT2D eigenvalue weighted by Crippen LogP contribution is -2.47. The van der Waals surface area contributed by atoms with Gasteiger partial charge < -0.3 is 4.90 Å². The Kier molecular flexibility index (Phi) is 4.34. The van der Waals surface area contributed by atoms with Crippen LogP contribution in [-0.2, 0) is 0 Å². The third-order valence-electron chi connectivity index (χ3n) is 4.30. The van der Waals surface area contributed by atoms with Crippen LogP contribution >= 0.6 is 0 Å². The van der Waals surface area contributed by atoms with Gasteiger partial charge in [-0.25, -0.2) is 8.78 Å². The molecule has 0 spiro atoms. The minimum Gasteiger partial charge on any atom is -0.367 e. The largest absolute Gasteiger partial charge is 0.367 e. The van der Waals surface area contributed by atoms with Crippen LogP contribution in [0, 0.1) is 11.6 Å². The molecule has 116 valence electrons. The molecule has 2 heterocycles. The fourth-order valence-corrected chi connectivity index (χ4v) is 2.94. The summed E-state index contributed by atoms with van der Waals surface area (Å²) >= 11 is 0. The van der Waals surface area contributed by atoms with E-state index < -0.39 is 11.6 Å². The lowest BCUT2D eigenvalue weighted by molar-refractivity contribution is 0.198. The predicted molar refractivity (Wildman–Crippen MR) is 82.8 cm³/mol. The molecule has 0 radical (unpaired) electrons. The van der Waals surface area contributed by atoms with E-state index in [1.54, 1.807) is 12.4 Å². The second-order valence-corrected chi connectivity index (χ2v) is 5.58. The Morgan fingerprint density at radius 3 is 2.32 bits per heavy atom. The standard InChI is InChI=1S/C17H19F2N3/c1-13(14-4-6-20-7-5-14)21-8-10-22(11-9-21)17-3-2-15(18)12-16(17)19/h2-7,12-13H,8-11H2,1H3. The number of hydrogen-bond donors (Lipinski definition) is 0. The molecule has 5 heteroatoms. The molecule has 22 heavy (non-hydrogen) atoms. The van der Waals surface area contributed by atoms with E-state index in [4.69, 9.17) is 0 Å². The van der Waals surface area contributed by atoms with E-state index in [1.807, 2.05) is 17.0 Å². The molecule has 1 aliphatic rings. The van der Waals surface area contributed by atoms with Gasteiger partial charge in [-0.3, -0.25) is 9.88 Å². The zero-order valence-corrected chi connectivity index (χ0v) is 12.5. The molecule has 3 nitrogen and oxygen atoms in total. The first kappa shape index (κ1) is 14.9. The lowest BCUT2D eigenvalue weighted by Gasteiger charge is -2.39. The first-order valence-corrected chi connectivity index (χ1v) is 7.49. The van der Waals surface area contributed by atoms with E-state index in [-0.39, 0.29) is 0 Å². The van der Waals surface area contributed by atoms with Gasteiger partial charge in [0, 0.05) is 50.7 Å². The molecule has 1 aliphatic heterocycles. The molecule has 3 rings (SSSR count). The monoisotopic (exact) mass is 303 g/mol. The van der Waals surface area contributed by atoms with Crippen LogP contribution in [0.5, 0.6) is 0 Å². The van der Waals surface area contributed by atoms with Gasteiger partial charge in [-0.15, -0.1) is 0 Å². The van der Waals surface area contributed by atoms with Crippen LogP contribution in [0.1, 0.15) is 18.5 Å². The quantitative estimate of drug-likeness (QED) is 0.868. The number of piperazine rings is 1. The second-order valence-electron chi connectivity index (χ2n) is 5.58. The van der Waals surface area contributed by atoms with Gasteiger partial charge in [0.25, 0.3) is 0 Å². The van der Waals surface area contributed by atoms with Crippen molar-refractivity contribution < 1.29 is 8.78 Å². The average molecular weight is 303 g/mol. The summed E-state index contributed by atoms with van der Waals surface area (Å²) in [5, 5.41) is 0. The molecule has 0 aliphatic carbocycles. The van der Waals surface area contributed by atoms with Crippen molar-refractivity contribution in [2.24, 2.45) is 0 Å². The van der Waals surface area contributed by atoms with Crippen LogP contribution in [0.15, 0.2) is 42.7 Å². The van der Waals surface area contributed by atoms with Crippen LogP contribution < -0.4 is 4.90 Å². The van der Waals surface area contributed by atoms with Crippen LogP contribution in [0.4, 0.5) is 14.5 Å². The van der Waals surface area contributed by atoms with Crippen LogP contribution in [0.3, 0.4) is 0 Å². The Bertz CT molecular complexity index is 625. The third-order valence-corrected chi connectivity index (χ3v) is 4.30. The van der Waals surface area contributed by atoms with Gasteiger partial charge in [-0.05, 0) is 36.8 Å². The van der Waals surface area contributed by atoms with Gasteiger partial charge in [-0.1, -0.05) is 0 Å². The minimum atomic E-state index is -0.536. The molecule has 0 bridgehead atoms. The van der Waals surface area contributed by atoms with E-state index in [2.05, 4.69) is 16.8 Å². The van der Waals surface area contributed by atoms with Crippen LogP contribution in [0.2, 0.25) is 0 Å². The fourth-order valence-electron chi connectivity index (χ4n) is 2.94. The van der Waals surface area contributed by atoms with Gasteiger partial charge in [0.2, 0.25) is 0 Å². The van der Waals surface area contributed by atoms with Gasteiger partial charge in [-0.2, -0.15) is 0 Å². The van der Waals surface area contributed by atoms with Crippen molar-refractivity contribution >= 4 is 5.69 Å². The van der Waals surface area contributed by atoms with Crippen molar-refractivity contribution in [3.63, 3.8) is 0 Å². The van der Waals surface area contributed by atoms with Crippen molar-refractivity contribution in [1.29, 1.82) is 0 Å². The van der Waals surface area contributed by atoms with Crippen LogP contribution in [0.25, 0.3) is 0 Å². The Labute approximate surface area is 129 Å². The Balaban J connectivity index is 1.65. The van der Waals surface area contributed by atoms with E-state index in [9.17, 15) is 8.78 Å². The summed E-state index contributed by atoms with van der Waals surface area (Å²) in [4.78, 5) is 8.39. The summed E-state index contributed by atoms with van der Waals surface area (Å²) in [5.41, 5.74) is 1.72. The smallest absolute Gasteiger partial charge is 0.149 e. The summed E-state index contributed by atoms with van der Waals surface area (Å²) in [6, 6.07) is 8.13. The fraction of sp³-hybridized carbons (Fsp3) is 0.353. The molecule has 1 atom stereocenters. The van der Waals surface area contributed by atoms with E-state index >= 15 is 0 Å². The number of halogens is 2. The van der Waals surface area contributed by atoms with Gasteiger partial charge >= 0.3 is 0 Å². The van der Waals surface area contributed by atoms with E-state index in [1.165, 1.54) is 17.7 Å². The molecule has 2 aromatic rings. The van der Waals surface area contributed by atoms with Crippen molar-refractivity contribution in [3.8, 4) is 0 Å². The first-order valence-electron chi connectivity index (χ1n) is 7.49. The molecular formula is C17H19F2N3. The van der Waals surface area contributed by atoms with Crippen molar-refractivity contribution in [1.82, 2.24) is 9.88 Å². The number of pyridine rings is 1. The first-order chi connectivity index (χ1) is 10.6. The normalized spacial score (nSPS) is 17.5. The molecule has 1 aromatic carbocycles. The molecule has 0 N–H and O–H groups in total. The number of nitrogens with zero attached hydrogens (tertiary/aromatic N) is 3. The van der Waals surface area contributed by atoms with Crippen LogP contribution in [-0.4, -0.2) is 36.1 Å². The number of anilines is 1. The lowest BCUT2D eigenvalue weighted by atomic mass is 10.1. The molecular weight excluding hydrogens is 284 g/mol. The second kappa shape index (κ2) is 6.40. The Hall–Kier alpha value is -2.01. The van der Waals surface area contributed by atoms with Gasteiger partial charge in [0.15, 0.2) is 0 Å². The van der Waals surface area contributed by atoms with Crippen molar-refractivity contribution in [2.75, 3.05) is 31.1 Å². The summed E-state index contributed by atoms with van der Waals surface area (Å²) in [5.74, 6) is -1.03. The van der Waals surface area contributed by atoms with Gasteiger partial charge in [0.05, 0.1) is 5.69 Å².